The fourth-order valence-electron chi connectivity index (χ4n) is 4.01. The molecule has 2 aliphatic rings. The van der Waals surface area contributed by atoms with Crippen LogP contribution in [-0.4, -0.2) is 57.6 Å². The standard InChI is InChI=1S/C20H24N4O2/c1-14-18-16(5-2-6-17(18)25)22-19(14)20(26)24-10-8-23(9-11-24)13-15-4-3-7-21-12-15/h3-4,7,12,22H,2,5-6,8-11,13H2,1H3. The predicted octanol–water partition coefficient (Wildman–Crippen LogP) is 2.20. The number of rotatable bonds is 3. The van der Waals surface area contributed by atoms with Gasteiger partial charge in [-0.25, -0.2) is 0 Å². The third-order valence-electron chi connectivity index (χ3n) is 5.44. The van der Waals surface area contributed by atoms with Crippen molar-refractivity contribution in [3.05, 3.63) is 52.6 Å². The van der Waals surface area contributed by atoms with E-state index in [2.05, 4.69) is 20.9 Å². The van der Waals surface area contributed by atoms with Gasteiger partial charge in [-0.3, -0.25) is 19.5 Å². The van der Waals surface area contributed by atoms with Crippen LogP contribution in [0.25, 0.3) is 0 Å². The summed E-state index contributed by atoms with van der Waals surface area (Å²) in [5, 5.41) is 0. The van der Waals surface area contributed by atoms with Crippen molar-refractivity contribution >= 4 is 11.7 Å². The summed E-state index contributed by atoms with van der Waals surface area (Å²) in [5.41, 5.74) is 4.32. The lowest BCUT2D eigenvalue weighted by molar-refractivity contribution is 0.0622. The van der Waals surface area contributed by atoms with Gasteiger partial charge in [-0.05, 0) is 37.0 Å². The van der Waals surface area contributed by atoms with Crippen LogP contribution in [0.15, 0.2) is 24.5 Å². The highest BCUT2D eigenvalue weighted by atomic mass is 16.2. The minimum Gasteiger partial charge on any atom is -0.354 e. The molecular weight excluding hydrogens is 328 g/mol. The van der Waals surface area contributed by atoms with Gasteiger partial charge in [-0.2, -0.15) is 0 Å². The number of H-pyrrole nitrogens is 1. The van der Waals surface area contributed by atoms with E-state index >= 15 is 0 Å². The number of hydrogen-bond acceptors (Lipinski definition) is 4. The van der Waals surface area contributed by atoms with Crippen molar-refractivity contribution in [2.24, 2.45) is 0 Å². The first-order valence-corrected chi connectivity index (χ1v) is 9.28. The monoisotopic (exact) mass is 352 g/mol. The Bertz CT molecular complexity index is 820. The van der Waals surface area contributed by atoms with E-state index in [-0.39, 0.29) is 11.7 Å². The van der Waals surface area contributed by atoms with Gasteiger partial charge >= 0.3 is 0 Å². The van der Waals surface area contributed by atoms with Gasteiger partial charge in [0.05, 0.1) is 0 Å². The molecule has 0 atom stereocenters. The van der Waals surface area contributed by atoms with Gasteiger partial charge in [0.25, 0.3) is 5.91 Å². The van der Waals surface area contributed by atoms with E-state index in [1.807, 2.05) is 24.1 Å². The average molecular weight is 352 g/mol. The van der Waals surface area contributed by atoms with Crippen molar-refractivity contribution in [3.8, 4) is 0 Å². The molecule has 4 rings (SSSR count). The van der Waals surface area contributed by atoms with Gasteiger partial charge in [-0.1, -0.05) is 6.07 Å². The summed E-state index contributed by atoms with van der Waals surface area (Å²) >= 11 is 0. The molecule has 6 nitrogen and oxygen atoms in total. The fourth-order valence-corrected chi connectivity index (χ4v) is 4.01. The molecule has 0 radical (unpaired) electrons. The normalized spacial score (nSPS) is 18.0. The summed E-state index contributed by atoms with van der Waals surface area (Å²) < 4.78 is 0. The molecule has 6 heteroatoms. The molecule has 0 unspecified atom stereocenters. The number of piperazine rings is 1. The second kappa shape index (κ2) is 7.03. The minimum absolute atomic E-state index is 0.0192. The van der Waals surface area contributed by atoms with Crippen molar-refractivity contribution in [2.75, 3.05) is 26.2 Å². The number of ketones is 1. The molecule has 1 aliphatic carbocycles. The molecule has 1 saturated heterocycles. The van der Waals surface area contributed by atoms with Crippen molar-refractivity contribution in [1.82, 2.24) is 19.8 Å². The predicted molar refractivity (Wildman–Crippen MR) is 98.2 cm³/mol. The van der Waals surface area contributed by atoms with Gasteiger partial charge in [0.2, 0.25) is 0 Å². The van der Waals surface area contributed by atoms with Crippen molar-refractivity contribution in [2.45, 2.75) is 32.7 Å². The molecule has 0 saturated carbocycles. The van der Waals surface area contributed by atoms with Crippen LogP contribution in [0.3, 0.4) is 0 Å². The van der Waals surface area contributed by atoms with Crippen molar-refractivity contribution < 1.29 is 9.59 Å². The number of amides is 1. The summed E-state index contributed by atoms with van der Waals surface area (Å²) in [5.74, 6) is 0.186. The maximum atomic E-state index is 13.0. The molecule has 1 N–H and O–H groups in total. The summed E-state index contributed by atoms with van der Waals surface area (Å²) in [6.07, 6.45) is 5.98. The Morgan fingerprint density at radius 3 is 2.73 bits per heavy atom. The number of pyridine rings is 1. The number of Topliss-reactive ketones (excluding diaryl/α,β-unsaturated/α-hetero) is 1. The molecule has 1 amide bonds. The van der Waals surface area contributed by atoms with E-state index in [1.165, 1.54) is 5.56 Å². The third-order valence-corrected chi connectivity index (χ3v) is 5.44. The minimum atomic E-state index is 0.0192. The Kier molecular flexibility index (Phi) is 4.59. The van der Waals surface area contributed by atoms with Crippen LogP contribution in [0, 0.1) is 6.92 Å². The third kappa shape index (κ3) is 3.17. The Hall–Kier alpha value is -2.47. The van der Waals surface area contributed by atoms with Crippen LogP contribution < -0.4 is 0 Å². The van der Waals surface area contributed by atoms with Crippen LogP contribution in [0.5, 0.6) is 0 Å². The van der Waals surface area contributed by atoms with Gasteiger partial charge in [0.1, 0.15) is 5.69 Å². The molecule has 0 aromatic carbocycles. The maximum Gasteiger partial charge on any atom is 0.270 e. The molecular formula is C20H24N4O2. The van der Waals surface area contributed by atoms with Crippen LogP contribution in [0.4, 0.5) is 0 Å². The summed E-state index contributed by atoms with van der Waals surface area (Å²) in [7, 11) is 0. The number of aromatic nitrogens is 2. The van der Waals surface area contributed by atoms with Crippen LogP contribution >= 0.6 is 0 Å². The largest absolute Gasteiger partial charge is 0.354 e. The van der Waals surface area contributed by atoms with Gasteiger partial charge in [-0.15, -0.1) is 0 Å². The first-order valence-electron chi connectivity index (χ1n) is 9.28. The summed E-state index contributed by atoms with van der Waals surface area (Å²) in [6, 6.07) is 4.03. The van der Waals surface area contributed by atoms with E-state index in [9.17, 15) is 9.59 Å². The molecule has 1 aliphatic heterocycles. The SMILES string of the molecule is Cc1c(C(=O)N2CCN(Cc3cccnc3)CC2)[nH]c2c1C(=O)CCC2. The molecule has 0 spiro atoms. The topological polar surface area (TPSA) is 69.3 Å². The van der Waals surface area contributed by atoms with Crippen molar-refractivity contribution in [3.63, 3.8) is 0 Å². The number of hydrogen-bond donors (Lipinski definition) is 1. The molecule has 2 aromatic heterocycles. The lowest BCUT2D eigenvalue weighted by Crippen LogP contribution is -2.48. The first-order chi connectivity index (χ1) is 12.6. The maximum absolute atomic E-state index is 13.0. The Balaban J connectivity index is 1.42. The zero-order valence-electron chi connectivity index (χ0n) is 15.1. The number of aromatic amines is 1. The van der Waals surface area contributed by atoms with E-state index in [0.717, 1.165) is 49.3 Å². The quantitative estimate of drug-likeness (QED) is 0.919. The number of carbonyl (C=O) groups excluding carboxylic acids is 2. The van der Waals surface area contributed by atoms with Crippen LogP contribution in [0.2, 0.25) is 0 Å². The number of aryl methyl sites for hydroxylation is 1. The highest BCUT2D eigenvalue weighted by Crippen LogP contribution is 2.27. The van der Waals surface area contributed by atoms with E-state index in [4.69, 9.17) is 0 Å². The summed E-state index contributed by atoms with van der Waals surface area (Å²) in [4.78, 5) is 36.8. The molecule has 3 heterocycles. The number of nitrogens with zero attached hydrogens (tertiary/aromatic N) is 3. The highest BCUT2D eigenvalue weighted by Gasteiger charge is 2.29. The second-order valence-electron chi connectivity index (χ2n) is 7.18. The molecule has 1 fully saturated rings. The van der Waals surface area contributed by atoms with Gasteiger partial charge < -0.3 is 9.88 Å². The average Bonchev–Trinajstić information content (AvgIpc) is 3.01. The summed E-state index contributed by atoms with van der Waals surface area (Å²) in [6.45, 7) is 5.86. The smallest absolute Gasteiger partial charge is 0.270 e. The zero-order valence-corrected chi connectivity index (χ0v) is 15.1. The Labute approximate surface area is 153 Å². The van der Waals surface area contributed by atoms with Gasteiger partial charge in [0.15, 0.2) is 5.78 Å². The highest BCUT2D eigenvalue weighted by molar-refractivity contribution is 6.04. The second-order valence-corrected chi connectivity index (χ2v) is 7.18. The van der Waals surface area contributed by atoms with E-state index in [1.54, 1.807) is 6.20 Å². The lowest BCUT2D eigenvalue weighted by atomic mass is 9.93. The molecule has 136 valence electrons. The molecule has 2 aromatic rings. The first kappa shape index (κ1) is 17.0. The Morgan fingerprint density at radius 2 is 2.04 bits per heavy atom. The molecule has 26 heavy (non-hydrogen) atoms. The van der Waals surface area contributed by atoms with Gasteiger partial charge in [0, 0.05) is 62.8 Å². The molecule has 0 bridgehead atoms. The van der Waals surface area contributed by atoms with Crippen LogP contribution in [0.1, 0.15) is 50.5 Å². The lowest BCUT2D eigenvalue weighted by Gasteiger charge is -2.34. The number of carbonyl (C=O) groups is 2. The van der Waals surface area contributed by atoms with Crippen LogP contribution in [-0.2, 0) is 13.0 Å². The zero-order chi connectivity index (χ0) is 18.1. The van der Waals surface area contributed by atoms with E-state index in [0.29, 0.717) is 25.2 Å². The van der Waals surface area contributed by atoms with E-state index < -0.39 is 0 Å². The number of nitrogens with one attached hydrogen (secondary N) is 1. The Morgan fingerprint density at radius 1 is 1.23 bits per heavy atom. The fraction of sp³-hybridized carbons (Fsp3) is 0.450. The van der Waals surface area contributed by atoms with Crippen molar-refractivity contribution in [1.29, 1.82) is 0 Å². The number of fused-ring (bicyclic) bond motifs is 1.